The average Bonchev–Trinajstić information content (AvgIpc) is 3.49. The van der Waals surface area contributed by atoms with E-state index in [1.54, 1.807) is 0 Å². The molecule has 218 valence electrons. The molecule has 0 fully saturated rings. The van der Waals surface area contributed by atoms with Gasteiger partial charge in [-0.15, -0.1) is 0 Å². The van der Waals surface area contributed by atoms with Crippen LogP contribution in [0.5, 0.6) is 0 Å². The zero-order valence-corrected chi connectivity index (χ0v) is 25.4. The van der Waals surface area contributed by atoms with Gasteiger partial charge in [0.05, 0.1) is 16.7 Å². The highest BCUT2D eigenvalue weighted by molar-refractivity contribution is 6.25. The fraction of sp³-hybridized carbons (Fsp3) is 0. The number of benzene rings is 8. The van der Waals surface area contributed by atoms with Gasteiger partial charge in [0.2, 0.25) is 0 Å². The summed E-state index contributed by atoms with van der Waals surface area (Å²) in [5, 5.41) is 12.2. The Kier molecular flexibility index (Phi) is 5.57. The monoisotopic (exact) mass is 597 g/mol. The molecule has 2 heterocycles. The van der Waals surface area contributed by atoms with Gasteiger partial charge in [0.25, 0.3) is 0 Å². The molecular formula is C44H27N3. The van der Waals surface area contributed by atoms with Crippen molar-refractivity contribution in [3.05, 3.63) is 164 Å². The van der Waals surface area contributed by atoms with Crippen molar-refractivity contribution in [1.82, 2.24) is 14.5 Å². The molecule has 8 aromatic carbocycles. The minimum atomic E-state index is 0.708. The van der Waals surface area contributed by atoms with Crippen LogP contribution < -0.4 is 0 Å². The minimum Gasteiger partial charge on any atom is -0.294 e. The van der Waals surface area contributed by atoms with Crippen LogP contribution in [0.15, 0.2) is 164 Å². The van der Waals surface area contributed by atoms with Gasteiger partial charge in [0.15, 0.2) is 5.82 Å². The third kappa shape index (κ3) is 3.93. The van der Waals surface area contributed by atoms with E-state index >= 15 is 0 Å². The zero-order chi connectivity index (χ0) is 30.9. The molecule has 0 aliphatic rings. The number of fused-ring (bicyclic) bond motifs is 10. The van der Waals surface area contributed by atoms with Gasteiger partial charge in [0.1, 0.15) is 5.82 Å². The number of aromatic nitrogens is 3. The Hall–Kier alpha value is -6.32. The second-order valence-electron chi connectivity index (χ2n) is 12.2. The molecule has 2 aromatic heterocycles. The van der Waals surface area contributed by atoms with Crippen molar-refractivity contribution in [2.45, 2.75) is 0 Å². The largest absolute Gasteiger partial charge is 0.294 e. The molecule has 0 unspecified atom stereocenters. The summed E-state index contributed by atoms with van der Waals surface area (Å²) in [6.45, 7) is 0. The molecule has 0 N–H and O–H groups in total. The van der Waals surface area contributed by atoms with Crippen LogP contribution in [-0.2, 0) is 0 Å². The van der Waals surface area contributed by atoms with E-state index in [1.807, 2.05) is 0 Å². The van der Waals surface area contributed by atoms with Gasteiger partial charge in [-0.25, -0.2) is 9.97 Å². The molecule has 0 spiro atoms. The highest BCUT2D eigenvalue weighted by atomic mass is 15.1. The van der Waals surface area contributed by atoms with Crippen molar-refractivity contribution in [2.75, 3.05) is 0 Å². The number of hydrogen-bond acceptors (Lipinski definition) is 2. The summed E-state index contributed by atoms with van der Waals surface area (Å²) in [5.41, 5.74) is 5.21. The molecule has 0 saturated heterocycles. The predicted octanol–water partition coefficient (Wildman–Crippen LogP) is 11.5. The molecule has 0 aliphatic heterocycles. The number of para-hydroxylation sites is 2. The topological polar surface area (TPSA) is 30.7 Å². The van der Waals surface area contributed by atoms with Crippen LogP contribution in [0.25, 0.3) is 93.4 Å². The normalized spacial score (nSPS) is 11.8. The second-order valence-corrected chi connectivity index (χ2v) is 12.2. The predicted molar refractivity (Wildman–Crippen MR) is 197 cm³/mol. The Bertz CT molecular complexity index is 2770. The SMILES string of the molecule is c1ccc2c(-c3nc(-c4ccc5c6ccccc6c6ccccc6c5c4)cc(-n4c5ccccc5c5ccccc54)n3)cccc2c1. The Balaban J connectivity index is 1.30. The first-order chi connectivity index (χ1) is 23.3. The van der Waals surface area contributed by atoms with E-state index in [9.17, 15) is 0 Å². The van der Waals surface area contributed by atoms with Gasteiger partial charge in [-0.2, -0.15) is 0 Å². The van der Waals surface area contributed by atoms with Gasteiger partial charge >= 0.3 is 0 Å². The molecule has 47 heavy (non-hydrogen) atoms. The zero-order valence-electron chi connectivity index (χ0n) is 25.4. The van der Waals surface area contributed by atoms with Gasteiger partial charge in [-0.3, -0.25) is 4.57 Å². The smallest absolute Gasteiger partial charge is 0.162 e. The molecule has 0 atom stereocenters. The maximum atomic E-state index is 5.33. The summed E-state index contributed by atoms with van der Waals surface area (Å²) in [6, 6.07) is 58.4. The Morgan fingerprint density at radius 1 is 0.362 bits per heavy atom. The maximum Gasteiger partial charge on any atom is 0.162 e. The molecular weight excluding hydrogens is 571 g/mol. The van der Waals surface area contributed by atoms with Crippen LogP contribution in [0.2, 0.25) is 0 Å². The fourth-order valence-corrected chi connectivity index (χ4v) is 7.47. The number of nitrogens with zero attached hydrogens (tertiary/aromatic N) is 3. The van der Waals surface area contributed by atoms with Crippen LogP contribution >= 0.6 is 0 Å². The molecule has 10 aromatic rings. The second kappa shape index (κ2) is 10.1. The highest BCUT2D eigenvalue weighted by Gasteiger charge is 2.18. The Morgan fingerprint density at radius 3 is 1.53 bits per heavy atom. The lowest BCUT2D eigenvalue weighted by Gasteiger charge is -2.14. The highest BCUT2D eigenvalue weighted by Crippen LogP contribution is 2.39. The van der Waals surface area contributed by atoms with Crippen molar-refractivity contribution < 1.29 is 0 Å². The van der Waals surface area contributed by atoms with Crippen molar-refractivity contribution in [3.8, 4) is 28.5 Å². The molecule has 3 heteroatoms. The third-order valence-corrected chi connectivity index (χ3v) is 9.59. The minimum absolute atomic E-state index is 0.708. The van der Waals surface area contributed by atoms with Crippen LogP contribution in [0, 0.1) is 0 Å². The van der Waals surface area contributed by atoms with E-state index < -0.39 is 0 Å². The van der Waals surface area contributed by atoms with Crippen LogP contribution in [-0.4, -0.2) is 14.5 Å². The van der Waals surface area contributed by atoms with Crippen LogP contribution in [0.3, 0.4) is 0 Å². The van der Waals surface area contributed by atoms with Gasteiger partial charge in [-0.1, -0.05) is 140 Å². The molecule has 10 rings (SSSR count). The number of rotatable bonds is 3. The van der Waals surface area contributed by atoms with E-state index in [0.717, 1.165) is 39.1 Å². The summed E-state index contributed by atoms with van der Waals surface area (Å²) < 4.78 is 2.29. The Labute approximate surface area is 271 Å². The first-order valence-corrected chi connectivity index (χ1v) is 16.0. The van der Waals surface area contributed by atoms with E-state index in [1.165, 1.54) is 48.5 Å². The Morgan fingerprint density at radius 2 is 0.872 bits per heavy atom. The third-order valence-electron chi connectivity index (χ3n) is 9.59. The summed E-state index contributed by atoms with van der Waals surface area (Å²) in [4.78, 5) is 10.6. The molecule has 0 radical (unpaired) electrons. The quantitative estimate of drug-likeness (QED) is 0.190. The van der Waals surface area contributed by atoms with Crippen molar-refractivity contribution in [2.24, 2.45) is 0 Å². The van der Waals surface area contributed by atoms with Gasteiger partial charge in [-0.05, 0) is 61.3 Å². The summed E-state index contributed by atoms with van der Waals surface area (Å²) in [5.74, 6) is 1.55. The summed E-state index contributed by atoms with van der Waals surface area (Å²) in [7, 11) is 0. The molecule has 0 bridgehead atoms. The lowest BCUT2D eigenvalue weighted by molar-refractivity contribution is 1.05. The van der Waals surface area contributed by atoms with Crippen LogP contribution in [0.1, 0.15) is 0 Å². The van der Waals surface area contributed by atoms with Crippen molar-refractivity contribution in [1.29, 1.82) is 0 Å². The molecule has 0 amide bonds. The summed E-state index contributed by atoms with van der Waals surface area (Å²) in [6.07, 6.45) is 0. The summed E-state index contributed by atoms with van der Waals surface area (Å²) >= 11 is 0. The molecule has 3 nitrogen and oxygen atoms in total. The first kappa shape index (κ1) is 26.0. The van der Waals surface area contributed by atoms with E-state index in [4.69, 9.17) is 9.97 Å². The molecule has 0 saturated carbocycles. The van der Waals surface area contributed by atoms with Crippen molar-refractivity contribution in [3.63, 3.8) is 0 Å². The van der Waals surface area contributed by atoms with E-state index in [0.29, 0.717) is 5.82 Å². The number of hydrogen-bond donors (Lipinski definition) is 0. The van der Waals surface area contributed by atoms with E-state index in [-0.39, 0.29) is 0 Å². The fourth-order valence-electron chi connectivity index (χ4n) is 7.47. The van der Waals surface area contributed by atoms with Gasteiger partial charge < -0.3 is 0 Å². The standard InChI is InChI=1S/C44H27N3/c1-2-14-30-28(12-1)13-11-21-38(30)44-45-40(27-43(46-44)47-41-22-9-7-19-36(41)37-20-8-10-23-42(37)47)29-24-25-35-33-17-4-3-15-31(33)32-16-5-6-18-34(32)39(35)26-29/h1-27H. The maximum absolute atomic E-state index is 5.33. The van der Waals surface area contributed by atoms with Crippen molar-refractivity contribution >= 4 is 64.9 Å². The lowest BCUT2D eigenvalue weighted by atomic mass is 9.93. The molecule has 0 aliphatic carbocycles. The lowest BCUT2D eigenvalue weighted by Crippen LogP contribution is -2.02. The van der Waals surface area contributed by atoms with E-state index in [2.05, 4.69) is 168 Å². The van der Waals surface area contributed by atoms with Gasteiger partial charge in [0, 0.05) is 28.0 Å². The van der Waals surface area contributed by atoms with Crippen LogP contribution in [0.4, 0.5) is 0 Å². The first-order valence-electron chi connectivity index (χ1n) is 16.0. The average molecular weight is 598 g/mol.